The van der Waals surface area contributed by atoms with Crippen molar-refractivity contribution in [3.63, 3.8) is 0 Å². The number of aryl methyl sites for hydroxylation is 1. The van der Waals surface area contributed by atoms with Crippen LogP contribution < -0.4 is 5.32 Å². The van der Waals surface area contributed by atoms with E-state index in [1.165, 1.54) is 7.11 Å². The van der Waals surface area contributed by atoms with E-state index < -0.39 is 5.97 Å². The average molecular weight is 269 g/mol. The second-order valence-electron chi connectivity index (χ2n) is 4.34. The normalized spacial score (nSPS) is 9.90. The maximum atomic E-state index is 12.2. The summed E-state index contributed by atoms with van der Waals surface area (Å²) in [5, 5.41) is 2.77. The average Bonchev–Trinajstić information content (AvgIpc) is 2.47. The number of nitrogens with one attached hydrogen (secondary N) is 1. The fourth-order valence-corrected chi connectivity index (χ4v) is 1.87. The molecule has 2 aromatic rings. The Kier molecular flexibility index (Phi) is 4.15. The van der Waals surface area contributed by atoms with Crippen LogP contribution in [0.25, 0.3) is 0 Å². The van der Waals surface area contributed by atoms with Crippen LogP contribution >= 0.6 is 0 Å². The molecular formula is C16H15NO3. The molecule has 0 aliphatic carbocycles. The fraction of sp³-hybridized carbons (Fsp3) is 0.125. The first-order valence-electron chi connectivity index (χ1n) is 6.17. The maximum Gasteiger partial charge on any atom is 0.337 e. The molecule has 102 valence electrons. The van der Waals surface area contributed by atoms with Crippen LogP contribution in [-0.4, -0.2) is 19.0 Å². The van der Waals surface area contributed by atoms with Gasteiger partial charge < -0.3 is 10.1 Å². The number of hydrogen-bond acceptors (Lipinski definition) is 3. The highest BCUT2D eigenvalue weighted by atomic mass is 16.5. The van der Waals surface area contributed by atoms with Crippen LogP contribution in [0, 0.1) is 6.92 Å². The van der Waals surface area contributed by atoms with Gasteiger partial charge in [-0.25, -0.2) is 4.79 Å². The molecule has 2 rings (SSSR count). The predicted octanol–water partition coefficient (Wildman–Crippen LogP) is 3.03. The van der Waals surface area contributed by atoms with E-state index >= 15 is 0 Å². The van der Waals surface area contributed by atoms with E-state index in [1.54, 1.807) is 30.3 Å². The van der Waals surface area contributed by atoms with Crippen LogP contribution in [-0.2, 0) is 4.74 Å². The summed E-state index contributed by atoms with van der Waals surface area (Å²) in [7, 11) is 1.32. The summed E-state index contributed by atoms with van der Waals surface area (Å²) >= 11 is 0. The van der Waals surface area contributed by atoms with Crippen LogP contribution in [0.5, 0.6) is 0 Å². The number of benzene rings is 2. The van der Waals surface area contributed by atoms with Gasteiger partial charge in [-0.2, -0.15) is 0 Å². The molecule has 0 saturated heterocycles. The quantitative estimate of drug-likeness (QED) is 0.871. The van der Waals surface area contributed by atoms with Crippen molar-refractivity contribution in [1.29, 1.82) is 0 Å². The number of amides is 1. The summed E-state index contributed by atoms with van der Waals surface area (Å²) in [5.41, 5.74) is 2.46. The first kappa shape index (κ1) is 13.8. The van der Waals surface area contributed by atoms with Gasteiger partial charge in [0.2, 0.25) is 0 Å². The molecule has 0 aliphatic heterocycles. The minimum atomic E-state index is -0.433. The van der Waals surface area contributed by atoms with Crippen molar-refractivity contribution >= 4 is 17.6 Å². The number of carbonyl (C=O) groups excluding carboxylic acids is 2. The van der Waals surface area contributed by atoms with Crippen molar-refractivity contribution < 1.29 is 14.3 Å². The van der Waals surface area contributed by atoms with Crippen molar-refractivity contribution in [1.82, 2.24) is 0 Å². The van der Waals surface area contributed by atoms with Gasteiger partial charge >= 0.3 is 5.97 Å². The van der Waals surface area contributed by atoms with E-state index in [1.807, 2.05) is 25.1 Å². The minimum Gasteiger partial charge on any atom is -0.465 e. The van der Waals surface area contributed by atoms with Crippen molar-refractivity contribution in [2.75, 3.05) is 12.4 Å². The van der Waals surface area contributed by atoms with Gasteiger partial charge in [0.05, 0.1) is 12.7 Å². The largest absolute Gasteiger partial charge is 0.465 e. The zero-order valence-corrected chi connectivity index (χ0v) is 11.3. The van der Waals surface area contributed by atoms with Gasteiger partial charge in [-0.05, 0) is 36.8 Å². The fourth-order valence-electron chi connectivity index (χ4n) is 1.87. The van der Waals surface area contributed by atoms with Crippen LogP contribution in [0.1, 0.15) is 26.3 Å². The Morgan fingerprint density at radius 2 is 1.80 bits per heavy atom. The number of esters is 1. The molecule has 0 atom stereocenters. The van der Waals surface area contributed by atoms with Gasteiger partial charge in [-0.3, -0.25) is 4.79 Å². The maximum absolute atomic E-state index is 12.2. The number of hydrogen-bond donors (Lipinski definition) is 1. The van der Waals surface area contributed by atoms with Crippen molar-refractivity contribution in [2.24, 2.45) is 0 Å². The lowest BCUT2D eigenvalue weighted by atomic mass is 10.1. The standard InChI is InChI=1S/C16H15NO3/c1-11-6-3-4-9-14(11)15(18)17-13-8-5-7-12(10-13)16(19)20-2/h3-10H,1-2H3,(H,17,18). The Morgan fingerprint density at radius 3 is 2.50 bits per heavy atom. The number of anilines is 1. The third-order valence-corrected chi connectivity index (χ3v) is 2.93. The predicted molar refractivity (Wildman–Crippen MR) is 76.9 cm³/mol. The number of methoxy groups -OCH3 is 1. The molecule has 0 unspecified atom stereocenters. The lowest BCUT2D eigenvalue weighted by molar-refractivity contribution is 0.0600. The topological polar surface area (TPSA) is 55.4 Å². The molecule has 0 saturated carbocycles. The Morgan fingerprint density at radius 1 is 1.05 bits per heavy atom. The molecule has 4 nitrogen and oxygen atoms in total. The third kappa shape index (κ3) is 3.03. The highest BCUT2D eigenvalue weighted by Crippen LogP contribution is 2.14. The summed E-state index contributed by atoms with van der Waals surface area (Å²) in [5.74, 6) is -0.637. The van der Waals surface area contributed by atoms with Gasteiger partial charge in [0.25, 0.3) is 5.91 Å². The van der Waals surface area contributed by atoms with Crippen LogP contribution in [0.2, 0.25) is 0 Å². The lowest BCUT2D eigenvalue weighted by Crippen LogP contribution is -2.13. The molecule has 2 aromatic carbocycles. The summed E-state index contributed by atoms with van der Waals surface area (Å²) in [6, 6.07) is 14.0. The van der Waals surface area contributed by atoms with Gasteiger partial charge in [0.15, 0.2) is 0 Å². The number of carbonyl (C=O) groups is 2. The van der Waals surface area contributed by atoms with Crippen LogP contribution in [0.4, 0.5) is 5.69 Å². The molecule has 0 bridgehead atoms. The van der Waals surface area contributed by atoms with Crippen molar-refractivity contribution in [2.45, 2.75) is 6.92 Å². The summed E-state index contributed by atoms with van der Waals surface area (Å²) in [6.07, 6.45) is 0. The second kappa shape index (κ2) is 6.02. The molecule has 0 aliphatic rings. The minimum absolute atomic E-state index is 0.204. The van der Waals surface area contributed by atoms with Crippen LogP contribution in [0.3, 0.4) is 0 Å². The third-order valence-electron chi connectivity index (χ3n) is 2.93. The van der Waals surface area contributed by atoms with Gasteiger partial charge in [0.1, 0.15) is 0 Å². The molecule has 20 heavy (non-hydrogen) atoms. The molecule has 0 radical (unpaired) electrons. The number of rotatable bonds is 3. The molecule has 0 heterocycles. The molecular weight excluding hydrogens is 254 g/mol. The zero-order valence-electron chi connectivity index (χ0n) is 11.3. The lowest BCUT2D eigenvalue weighted by Gasteiger charge is -2.08. The summed E-state index contributed by atoms with van der Waals surface area (Å²) < 4.78 is 4.65. The van der Waals surface area contributed by atoms with Crippen molar-refractivity contribution in [3.05, 3.63) is 65.2 Å². The highest BCUT2D eigenvalue weighted by molar-refractivity contribution is 6.05. The Bertz CT molecular complexity index is 650. The summed E-state index contributed by atoms with van der Waals surface area (Å²) in [6.45, 7) is 1.87. The SMILES string of the molecule is COC(=O)c1cccc(NC(=O)c2ccccc2C)c1. The molecule has 0 fully saturated rings. The van der Waals surface area contributed by atoms with E-state index in [0.29, 0.717) is 16.8 Å². The van der Waals surface area contributed by atoms with Crippen LogP contribution in [0.15, 0.2) is 48.5 Å². The smallest absolute Gasteiger partial charge is 0.337 e. The summed E-state index contributed by atoms with van der Waals surface area (Å²) in [4.78, 5) is 23.6. The van der Waals surface area contributed by atoms with Gasteiger partial charge in [0, 0.05) is 11.3 Å². The van der Waals surface area contributed by atoms with E-state index in [9.17, 15) is 9.59 Å². The van der Waals surface area contributed by atoms with E-state index in [2.05, 4.69) is 10.1 Å². The van der Waals surface area contributed by atoms with E-state index in [4.69, 9.17) is 0 Å². The second-order valence-corrected chi connectivity index (χ2v) is 4.34. The Labute approximate surface area is 117 Å². The molecule has 1 amide bonds. The first-order chi connectivity index (χ1) is 9.61. The number of ether oxygens (including phenoxy) is 1. The van der Waals surface area contributed by atoms with E-state index in [-0.39, 0.29) is 5.91 Å². The molecule has 0 spiro atoms. The Balaban J connectivity index is 2.20. The van der Waals surface area contributed by atoms with E-state index in [0.717, 1.165) is 5.56 Å². The van der Waals surface area contributed by atoms with Gasteiger partial charge in [-0.15, -0.1) is 0 Å². The molecule has 4 heteroatoms. The molecule has 0 aromatic heterocycles. The molecule has 1 N–H and O–H groups in total. The zero-order chi connectivity index (χ0) is 14.5. The monoisotopic (exact) mass is 269 g/mol. The Hall–Kier alpha value is -2.62. The highest BCUT2D eigenvalue weighted by Gasteiger charge is 2.10. The van der Waals surface area contributed by atoms with Crippen molar-refractivity contribution in [3.8, 4) is 0 Å². The first-order valence-corrected chi connectivity index (χ1v) is 6.17. The van der Waals surface area contributed by atoms with Gasteiger partial charge in [-0.1, -0.05) is 24.3 Å².